The summed E-state index contributed by atoms with van der Waals surface area (Å²) in [5.41, 5.74) is 2.01. The normalized spacial score (nSPS) is 16.9. The van der Waals surface area contributed by atoms with Crippen LogP contribution in [0.15, 0.2) is 23.1 Å². The van der Waals surface area contributed by atoms with Crippen molar-refractivity contribution in [1.29, 1.82) is 0 Å². The molecule has 16 heavy (non-hydrogen) atoms. The van der Waals surface area contributed by atoms with Gasteiger partial charge in [0.2, 0.25) is 4.73 Å². The van der Waals surface area contributed by atoms with Crippen LogP contribution in [0.3, 0.4) is 0 Å². The van der Waals surface area contributed by atoms with E-state index in [4.69, 9.17) is 4.74 Å². The molecule has 0 aliphatic carbocycles. The molecule has 0 amide bonds. The van der Waals surface area contributed by atoms with Crippen LogP contribution in [0, 0.1) is 0 Å². The maximum atomic E-state index is 5.33. The van der Waals surface area contributed by atoms with E-state index in [1.54, 1.807) is 4.52 Å². The van der Waals surface area contributed by atoms with Gasteiger partial charge in [-0.15, -0.1) is 5.10 Å². The monoisotopic (exact) mass is 282 g/mol. The molecule has 6 heteroatoms. The van der Waals surface area contributed by atoms with Crippen LogP contribution in [-0.2, 0) is 4.74 Å². The molecule has 3 rings (SSSR count). The second-order valence-corrected chi connectivity index (χ2v) is 4.38. The van der Waals surface area contributed by atoms with Crippen molar-refractivity contribution in [3.8, 4) is 0 Å². The van der Waals surface area contributed by atoms with Gasteiger partial charge in [0.15, 0.2) is 5.65 Å². The highest BCUT2D eigenvalue weighted by Crippen LogP contribution is 2.17. The van der Waals surface area contributed by atoms with Gasteiger partial charge < -0.3 is 9.64 Å². The number of nitrogens with zero attached hydrogens (tertiary/aromatic N) is 4. The van der Waals surface area contributed by atoms with Gasteiger partial charge in [0.05, 0.1) is 25.1 Å². The van der Waals surface area contributed by atoms with Gasteiger partial charge in [0.1, 0.15) is 0 Å². The minimum atomic E-state index is 0.617. The molecule has 2 aromatic heterocycles. The fraction of sp³-hybridized carbons (Fsp3) is 0.400. The predicted molar refractivity (Wildman–Crippen MR) is 63.7 cm³/mol. The number of morpholine rings is 1. The highest BCUT2D eigenvalue weighted by Gasteiger charge is 2.12. The van der Waals surface area contributed by atoms with Crippen LogP contribution in [0.25, 0.3) is 5.65 Å². The Morgan fingerprint density at radius 3 is 2.88 bits per heavy atom. The molecule has 0 N–H and O–H groups in total. The molecule has 0 saturated carbocycles. The van der Waals surface area contributed by atoms with Crippen molar-refractivity contribution in [2.24, 2.45) is 0 Å². The molecule has 1 fully saturated rings. The highest BCUT2D eigenvalue weighted by atomic mass is 79.9. The Hall–Kier alpha value is -1.14. The van der Waals surface area contributed by atoms with E-state index >= 15 is 0 Å². The van der Waals surface area contributed by atoms with E-state index in [1.165, 1.54) is 0 Å². The van der Waals surface area contributed by atoms with Gasteiger partial charge in [0.25, 0.3) is 0 Å². The van der Waals surface area contributed by atoms with Crippen LogP contribution in [0.4, 0.5) is 5.69 Å². The first-order chi connectivity index (χ1) is 7.83. The Balaban J connectivity index is 1.97. The zero-order valence-electron chi connectivity index (χ0n) is 8.64. The molecule has 0 unspecified atom stereocenters. The lowest BCUT2D eigenvalue weighted by atomic mass is 10.3. The number of aromatic nitrogens is 3. The number of ether oxygens (including phenoxy) is 1. The number of fused-ring (bicyclic) bond motifs is 1. The van der Waals surface area contributed by atoms with Crippen LogP contribution >= 0.6 is 15.9 Å². The molecule has 0 atom stereocenters. The fourth-order valence-corrected chi connectivity index (χ4v) is 2.21. The topological polar surface area (TPSA) is 42.7 Å². The van der Waals surface area contributed by atoms with Crippen LogP contribution in [0.2, 0.25) is 0 Å². The summed E-state index contributed by atoms with van der Waals surface area (Å²) in [6.07, 6.45) is 2.00. The molecule has 84 valence electrons. The standard InChI is InChI=1S/C10H11BrN4O/c11-10-12-9-2-1-8(7-15(9)13-10)14-3-5-16-6-4-14/h1-2,7H,3-6H2. The molecule has 3 heterocycles. The molecule has 0 bridgehead atoms. The van der Waals surface area contributed by atoms with Gasteiger partial charge in [0, 0.05) is 13.1 Å². The lowest BCUT2D eigenvalue weighted by Crippen LogP contribution is -2.36. The Labute approximate surface area is 101 Å². The zero-order valence-corrected chi connectivity index (χ0v) is 10.2. The number of pyridine rings is 1. The number of hydrogen-bond acceptors (Lipinski definition) is 4. The molecular weight excluding hydrogens is 272 g/mol. The first-order valence-electron chi connectivity index (χ1n) is 5.17. The maximum absolute atomic E-state index is 5.33. The van der Waals surface area contributed by atoms with Gasteiger partial charge in [-0.05, 0) is 28.1 Å². The summed E-state index contributed by atoms with van der Waals surface area (Å²) in [4.78, 5) is 6.51. The number of anilines is 1. The summed E-state index contributed by atoms with van der Waals surface area (Å²) in [5.74, 6) is 0. The third kappa shape index (κ3) is 1.78. The lowest BCUT2D eigenvalue weighted by Gasteiger charge is -2.28. The number of halogens is 1. The molecule has 0 radical (unpaired) electrons. The smallest absolute Gasteiger partial charge is 0.218 e. The SMILES string of the molecule is Brc1nc2ccc(N3CCOCC3)cn2n1. The predicted octanol–water partition coefficient (Wildman–Crippen LogP) is 1.33. The van der Waals surface area contributed by atoms with E-state index in [1.807, 2.05) is 12.3 Å². The van der Waals surface area contributed by atoms with Crippen LogP contribution < -0.4 is 4.90 Å². The summed E-state index contributed by atoms with van der Waals surface area (Å²) in [6.45, 7) is 3.45. The maximum Gasteiger partial charge on any atom is 0.218 e. The van der Waals surface area contributed by atoms with Gasteiger partial charge in [-0.2, -0.15) is 0 Å². The first-order valence-corrected chi connectivity index (χ1v) is 5.97. The fourth-order valence-electron chi connectivity index (χ4n) is 1.85. The van der Waals surface area contributed by atoms with E-state index in [9.17, 15) is 0 Å². The van der Waals surface area contributed by atoms with E-state index in [0.717, 1.165) is 37.6 Å². The average molecular weight is 283 g/mol. The minimum Gasteiger partial charge on any atom is -0.378 e. The van der Waals surface area contributed by atoms with Gasteiger partial charge in [-0.3, -0.25) is 0 Å². The van der Waals surface area contributed by atoms with Crippen LogP contribution in [0.5, 0.6) is 0 Å². The van der Waals surface area contributed by atoms with Crippen molar-refractivity contribution in [1.82, 2.24) is 14.6 Å². The van der Waals surface area contributed by atoms with Crippen molar-refractivity contribution < 1.29 is 4.74 Å². The van der Waals surface area contributed by atoms with Crippen molar-refractivity contribution in [2.75, 3.05) is 31.2 Å². The number of rotatable bonds is 1. The van der Waals surface area contributed by atoms with Crippen molar-refractivity contribution in [3.63, 3.8) is 0 Å². The summed E-state index contributed by atoms with van der Waals surface area (Å²) < 4.78 is 7.73. The van der Waals surface area contributed by atoms with Crippen LogP contribution in [0.1, 0.15) is 0 Å². The Morgan fingerprint density at radius 2 is 2.06 bits per heavy atom. The third-order valence-corrected chi connectivity index (χ3v) is 3.00. The van der Waals surface area contributed by atoms with E-state index in [-0.39, 0.29) is 0 Å². The number of hydrogen-bond donors (Lipinski definition) is 0. The Bertz CT molecular complexity index is 506. The Kier molecular flexibility index (Phi) is 2.53. The second kappa shape index (κ2) is 4.03. The van der Waals surface area contributed by atoms with Gasteiger partial charge >= 0.3 is 0 Å². The van der Waals surface area contributed by atoms with Crippen molar-refractivity contribution >= 4 is 27.3 Å². The summed E-state index contributed by atoms with van der Waals surface area (Å²) in [6, 6.07) is 4.05. The quantitative estimate of drug-likeness (QED) is 0.792. The summed E-state index contributed by atoms with van der Waals surface area (Å²) in [5, 5.41) is 4.23. The zero-order chi connectivity index (χ0) is 11.0. The Morgan fingerprint density at radius 1 is 1.25 bits per heavy atom. The van der Waals surface area contributed by atoms with Crippen molar-refractivity contribution in [3.05, 3.63) is 23.1 Å². The molecule has 0 spiro atoms. The largest absolute Gasteiger partial charge is 0.378 e. The summed E-state index contributed by atoms with van der Waals surface area (Å²) >= 11 is 3.27. The highest BCUT2D eigenvalue weighted by molar-refractivity contribution is 9.10. The van der Waals surface area contributed by atoms with Gasteiger partial charge in [-0.25, -0.2) is 9.50 Å². The molecule has 2 aromatic rings. The van der Waals surface area contributed by atoms with Crippen LogP contribution in [-0.4, -0.2) is 40.9 Å². The average Bonchev–Trinajstić information content (AvgIpc) is 2.69. The molecule has 1 aliphatic heterocycles. The molecule has 1 aliphatic rings. The van der Waals surface area contributed by atoms with E-state index < -0.39 is 0 Å². The third-order valence-electron chi connectivity index (χ3n) is 2.67. The van der Waals surface area contributed by atoms with Crippen molar-refractivity contribution in [2.45, 2.75) is 0 Å². The molecule has 0 aromatic carbocycles. The second-order valence-electron chi connectivity index (χ2n) is 3.67. The van der Waals surface area contributed by atoms with Gasteiger partial charge in [-0.1, -0.05) is 0 Å². The molecular formula is C10H11BrN4O. The minimum absolute atomic E-state index is 0.617. The molecule has 5 nitrogen and oxygen atoms in total. The summed E-state index contributed by atoms with van der Waals surface area (Å²) in [7, 11) is 0. The first kappa shape index (κ1) is 10.0. The lowest BCUT2D eigenvalue weighted by molar-refractivity contribution is 0.122. The van der Waals surface area contributed by atoms with E-state index in [0.29, 0.717) is 4.73 Å². The van der Waals surface area contributed by atoms with E-state index in [2.05, 4.69) is 37.0 Å². The molecule has 1 saturated heterocycles.